The van der Waals surface area contributed by atoms with Crippen molar-refractivity contribution in [1.29, 1.82) is 0 Å². The highest BCUT2D eigenvalue weighted by Crippen LogP contribution is 2.38. The van der Waals surface area contributed by atoms with E-state index < -0.39 is 5.82 Å². The van der Waals surface area contributed by atoms with E-state index in [1.807, 2.05) is 18.2 Å². The fourth-order valence-corrected chi connectivity index (χ4v) is 4.25. The number of pyridine rings is 1. The Morgan fingerprint density at radius 3 is 2.77 bits per heavy atom. The lowest BCUT2D eigenvalue weighted by Gasteiger charge is -2.30. The predicted molar refractivity (Wildman–Crippen MR) is 114 cm³/mol. The highest BCUT2D eigenvalue weighted by molar-refractivity contribution is 6.31. The summed E-state index contributed by atoms with van der Waals surface area (Å²) in [7, 11) is 0. The first-order chi connectivity index (χ1) is 14.5. The summed E-state index contributed by atoms with van der Waals surface area (Å²) in [6, 6.07) is 10.7. The number of benzene rings is 2. The Morgan fingerprint density at radius 1 is 1.27 bits per heavy atom. The summed E-state index contributed by atoms with van der Waals surface area (Å²) in [5.74, 6) is -0.563. The molecule has 6 nitrogen and oxygen atoms in total. The average Bonchev–Trinajstić information content (AvgIpc) is 3.15. The van der Waals surface area contributed by atoms with Gasteiger partial charge in [0.15, 0.2) is 0 Å². The summed E-state index contributed by atoms with van der Waals surface area (Å²) >= 11 is 5.83. The van der Waals surface area contributed by atoms with Crippen molar-refractivity contribution in [2.24, 2.45) is 0 Å². The van der Waals surface area contributed by atoms with E-state index in [4.69, 9.17) is 11.6 Å². The van der Waals surface area contributed by atoms with Crippen molar-refractivity contribution in [3.8, 4) is 0 Å². The van der Waals surface area contributed by atoms with Gasteiger partial charge in [-0.1, -0.05) is 29.8 Å². The number of hydrogen-bond acceptors (Lipinski definition) is 3. The molecule has 156 valence electrons. The van der Waals surface area contributed by atoms with Crippen LogP contribution in [0.15, 0.2) is 47.3 Å². The number of aromatic amines is 1. The average molecular weight is 430 g/mol. The molecule has 0 fully saturated rings. The molecule has 0 saturated carbocycles. The van der Waals surface area contributed by atoms with Gasteiger partial charge < -0.3 is 20.3 Å². The molecular weight excluding hydrogens is 409 g/mol. The summed E-state index contributed by atoms with van der Waals surface area (Å²) in [5.41, 5.74) is 1.99. The summed E-state index contributed by atoms with van der Waals surface area (Å²) in [5, 5.41) is 13.4. The summed E-state index contributed by atoms with van der Waals surface area (Å²) < 4.78 is 13.4. The number of carbonyl (C=O) groups is 1. The largest absolute Gasteiger partial charge is 0.396 e. The topological polar surface area (TPSA) is 85.4 Å². The number of halogens is 2. The lowest BCUT2D eigenvalue weighted by molar-refractivity contribution is 0.177. The van der Waals surface area contributed by atoms with Crippen LogP contribution in [0.2, 0.25) is 5.02 Å². The van der Waals surface area contributed by atoms with E-state index in [1.165, 1.54) is 18.2 Å². The first-order valence-corrected chi connectivity index (χ1v) is 10.1. The molecule has 1 aromatic heterocycles. The number of carbonyl (C=O) groups excluding carboxylic acids is 1. The maximum Gasteiger partial charge on any atom is 0.322 e. The zero-order valence-electron chi connectivity index (χ0n) is 16.1. The van der Waals surface area contributed by atoms with E-state index in [-0.39, 0.29) is 29.3 Å². The predicted octanol–water partition coefficient (Wildman–Crippen LogP) is 4.22. The Labute approximate surface area is 177 Å². The minimum atomic E-state index is -0.563. The van der Waals surface area contributed by atoms with Gasteiger partial charge in [0.1, 0.15) is 5.82 Å². The number of H-pyrrole nitrogens is 1. The molecule has 2 amide bonds. The zero-order valence-corrected chi connectivity index (χ0v) is 16.9. The minimum Gasteiger partial charge on any atom is -0.396 e. The molecule has 0 radical (unpaired) electrons. The molecular formula is C22H21ClFN3O3. The Morgan fingerprint density at radius 2 is 2.03 bits per heavy atom. The monoisotopic (exact) mass is 429 g/mol. The van der Waals surface area contributed by atoms with E-state index in [2.05, 4.69) is 10.3 Å². The van der Waals surface area contributed by atoms with Crippen LogP contribution in [-0.2, 0) is 6.42 Å². The molecule has 0 saturated heterocycles. The van der Waals surface area contributed by atoms with Crippen molar-refractivity contribution < 1.29 is 14.3 Å². The number of hydrogen-bond donors (Lipinski definition) is 3. The van der Waals surface area contributed by atoms with Crippen LogP contribution in [0, 0.1) is 5.82 Å². The third-order valence-corrected chi connectivity index (χ3v) is 5.71. The molecule has 3 N–H and O–H groups in total. The maximum atomic E-state index is 13.4. The lowest BCUT2D eigenvalue weighted by Crippen LogP contribution is -2.38. The second-order valence-corrected chi connectivity index (χ2v) is 7.68. The van der Waals surface area contributed by atoms with Gasteiger partial charge in [-0.15, -0.1) is 0 Å². The Balaban J connectivity index is 1.70. The number of aromatic nitrogens is 1. The first-order valence-electron chi connectivity index (χ1n) is 9.77. The van der Waals surface area contributed by atoms with E-state index in [9.17, 15) is 19.1 Å². The van der Waals surface area contributed by atoms with Crippen LogP contribution in [0.1, 0.15) is 30.1 Å². The van der Waals surface area contributed by atoms with Crippen LogP contribution in [-0.4, -0.2) is 34.2 Å². The Kier molecular flexibility index (Phi) is 5.74. The van der Waals surface area contributed by atoms with Gasteiger partial charge in [0.2, 0.25) is 0 Å². The number of amides is 2. The summed E-state index contributed by atoms with van der Waals surface area (Å²) in [6.45, 7) is 0.271. The molecule has 0 spiro atoms. The molecule has 1 aliphatic rings. The standard InChI is InChI=1S/C22H21ClFN3O3/c23-16-12-13(6-7-17(16)24)25-22(30)27(10-3-11-28)19-9-8-18-20(19)14-4-1-2-5-15(14)21(29)26-18/h1-2,4-7,12,19,28H,3,8-11H2,(H,25,30)(H,26,29)/t19-/m1/s1. The third kappa shape index (κ3) is 3.78. The van der Waals surface area contributed by atoms with Gasteiger partial charge in [-0.3, -0.25) is 4.79 Å². The summed E-state index contributed by atoms with van der Waals surface area (Å²) in [6.07, 6.45) is 1.71. The highest BCUT2D eigenvalue weighted by Gasteiger charge is 2.33. The van der Waals surface area contributed by atoms with Crippen LogP contribution >= 0.6 is 11.6 Å². The molecule has 1 atom stereocenters. The normalized spacial score (nSPS) is 15.2. The van der Waals surface area contributed by atoms with Gasteiger partial charge >= 0.3 is 6.03 Å². The van der Waals surface area contributed by atoms with Crippen LogP contribution in [0.4, 0.5) is 14.9 Å². The van der Waals surface area contributed by atoms with Gasteiger partial charge in [0, 0.05) is 35.5 Å². The van der Waals surface area contributed by atoms with Gasteiger partial charge in [-0.25, -0.2) is 9.18 Å². The molecule has 0 aliphatic heterocycles. The second kappa shape index (κ2) is 8.45. The number of aliphatic hydroxyl groups excluding tert-OH is 1. The SMILES string of the molecule is O=C(Nc1ccc(F)c(Cl)c1)N(CCCO)[C@@H]1CCc2[nH]c(=O)c3ccccc3c21. The lowest BCUT2D eigenvalue weighted by atomic mass is 10.0. The smallest absolute Gasteiger partial charge is 0.322 e. The number of anilines is 1. The van der Waals surface area contributed by atoms with Crippen molar-refractivity contribution in [1.82, 2.24) is 9.88 Å². The van der Waals surface area contributed by atoms with Crippen molar-refractivity contribution >= 4 is 34.1 Å². The van der Waals surface area contributed by atoms with E-state index in [0.29, 0.717) is 36.9 Å². The minimum absolute atomic E-state index is 0.0574. The van der Waals surface area contributed by atoms with Gasteiger partial charge in [0.25, 0.3) is 5.56 Å². The zero-order chi connectivity index (χ0) is 21.3. The van der Waals surface area contributed by atoms with Gasteiger partial charge in [0.05, 0.1) is 11.1 Å². The summed E-state index contributed by atoms with van der Waals surface area (Å²) in [4.78, 5) is 30.1. The number of fused-ring (bicyclic) bond motifs is 3. The quantitative estimate of drug-likeness (QED) is 0.567. The van der Waals surface area contributed by atoms with Crippen molar-refractivity contribution in [2.45, 2.75) is 25.3 Å². The number of rotatable bonds is 5. The molecule has 0 bridgehead atoms. The number of aliphatic hydroxyl groups is 1. The number of nitrogens with zero attached hydrogens (tertiary/aromatic N) is 1. The van der Waals surface area contributed by atoms with Crippen LogP contribution in [0.5, 0.6) is 0 Å². The second-order valence-electron chi connectivity index (χ2n) is 7.28. The molecule has 2 aromatic carbocycles. The molecule has 30 heavy (non-hydrogen) atoms. The number of nitrogens with one attached hydrogen (secondary N) is 2. The molecule has 4 rings (SSSR count). The fourth-order valence-electron chi connectivity index (χ4n) is 4.07. The van der Waals surface area contributed by atoms with E-state index in [0.717, 1.165) is 16.6 Å². The van der Waals surface area contributed by atoms with Crippen LogP contribution in [0.25, 0.3) is 10.8 Å². The van der Waals surface area contributed by atoms with Crippen molar-refractivity contribution in [2.75, 3.05) is 18.5 Å². The highest BCUT2D eigenvalue weighted by atomic mass is 35.5. The van der Waals surface area contributed by atoms with E-state index >= 15 is 0 Å². The van der Waals surface area contributed by atoms with Crippen molar-refractivity contribution in [3.05, 3.63) is 74.9 Å². The van der Waals surface area contributed by atoms with E-state index in [1.54, 1.807) is 11.0 Å². The first kappa shape index (κ1) is 20.4. The van der Waals surface area contributed by atoms with Crippen LogP contribution in [0.3, 0.4) is 0 Å². The molecule has 1 heterocycles. The molecule has 1 aliphatic carbocycles. The maximum absolute atomic E-state index is 13.4. The fraction of sp³-hybridized carbons (Fsp3) is 0.273. The Hall–Kier alpha value is -2.90. The number of urea groups is 1. The van der Waals surface area contributed by atoms with Crippen molar-refractivity contribution in [3.63, 3.8) is 0 Å². The van der Waals surface area contributed by atoms with Gasteiger partial charge in [-0.2, -0.15) is 0 Å². The molecule has 3 aromatic rings. The number of aryl methyl sites for hydroxylation is 1. The Bertz CT molecular complexity index is 1160. The molecule has 0 unspecified atom stereocenters. The van der Waals surface area contributed by atoms with Gasteiger partial charge in [-0.05, 0) is 48.9 Å². The third-order valence-electron chi connectivity index (χ3n) is 5.42. The molecule has 8 heteroatoms. The van der Waals surface area contributed by atoms with Crippen LogP contribution < -0.4 is 10.9 Å².